The van der Waals surface area contributed by atoms with Gasteiger partial charge < -0.3 is 10.4 Å². The fraction of sp³-hybridized carbons (Fsp3) is 0.600. The van der Waals surface area contributed by atoms with E-state index in [4.69, 9.17) is 5.11 Å². The second-order valence-corrected chi connectivity index (χ2v) is 3.90. The molecule has 0 aromatic heterocycles. The first-order chi connectivity index (χ1) is 6.70. The zero-order valence-electron chi connectivity index (χ0n) is 7.82. The van der Waals surface area contributed by atoms with Crippen LogP contribution in [0, 0.1) is 5.92 Å². The summed E-state index contributed by atoms with van der Waals surface area (Å²) in [7, 11) is 0. The molecular formula is C10H13NO3. The summed E-state index contributed by atoms with van der Waals surface area (Å²) in [6, 6.07) is 0.294. The van der Waals surface area contributed by atoms with E-state index >= 15 is 0 Å². The Labute approximate surface area is 82.0 Å². The lowest BCUT2D eigenvalue weighted by molar-refractivity contribution is -0.147. The molecule has 2 aliphatic rings. The molecule has 0 bridgehead atoms. The van der Waals surface area contributed by atoms with Gasteiger partial charge in [0, 0.05) is 23.7 Å². The van der Waals surface area contributed by atoms with Gasteiger partial charge >= 0.3 is 5.97 Å². The van der Waals surface area contributed by atoms with Crippen LogP contribution < -0.4 is 5.32 Å². The quantitative estimate of drug-likeness (QED) is 0.636. The third-order valence-corrected chi connectivity index (χ3v) is 3.07. The number of aliphatic carboxylic acids is 1. The van der Waals surface area contributed by atoms with Crippen molar-refractivity contribution in [1.82, 2.24) is 5.32 Å². The molecule has 4 heteroatoms. The zero-order chi connectivity index (χ0) is 10.1. The number of hydrogen-bond acceptors (Lipinski definition) is 3. The van der Waals surface area contributed by atoms with Gasteiger partial charge in [0.25, 0.3) is 5.78 Å². The first-order valence-electron chi connectivity index (χ1n) is 4.94. The molecule has 76 valence electrons. The molecule has 2 N–H and O–H groups in total. The fourth-order valence-electron chi connectivity index (χ4n) is 2.36. The molecule has 1 saturated carbocycles. The van der Waals surface area contributed by atoms with Crippen molar-refractivity contribution in [2.75, 3.05) is 0 Å². The minimum atomic E-state index is -1.34. The van der Waals surface area contributed by atoms with E-state index in [0.717, 1.165) is 25.7 Å². The maximum Gasteiger partial charge on any atom is 0.376 e. The number of carboxylic acid groups (broad SMARTS) is 1. The zero-order valence-corrected chi connectivity index (χ0v) is 7.82. The van der Waals surface area contributed by atoms with E-state index in [1.165, 1.54) is 0 Å². The number of nitrogens with one attached hydrogen (secondary N) is 1. The van der Waals surface area contributed by atoms with Crippen LogP contribution in [0.4, 0.5) is 0 Å². The van der Waals surface area contributed by atoms with E-state index in [0.29, 0.717) is 11.6 Å². The van der Waals surface area contributed by atoms with Crippen molar-refractivity contribution in [2.24, 2.45) is 5.92 Å². The number of rotatable bonds is 2. The molecule has 1 aliphatic heterocycles. The van der Waals surface area contributed by atoms with E-state index < -0.39 is 11.8 Å². The number of ketones is 1. The topological polar surface area (TPSA) is 66.4 Å². The molecule has 4 nitrogen and oxygen atoms in total. The SMILES string of the molecule is O=C(O)C(=O)C1=CNC2CCCCC12. The van der Waals surface area contributed by atoms with E-state index in [2.05, 4.69) is 5.32 Å². The van der Waals surface area contributed by atoms with Gasteiger partial charge in [-0.15, -0.1) is 0 Å². The van der Waals surface area contributed by atoms with Gasteiger partial charge in [0.15, 0.2) is 0 Å². The molecule has 0 aromatic carbocycles. The largest absolute Gasteiger partial charge is 0.475 e. The fourth-order valence-corrected chi connectivity index (χ4v) is 2.36. The maximum atomic E-state index is 11.3. The lowest BCUT2D eigenvalue weighted by Crippen LogP contribution is -2.32. The summed E-state index contributed by atoms with van der Waals surface area (Å²) in [6.45, 7) is 0. The van der Waals surface area contributed by atoms with Crippen molar-refractivity contribution in [3.8, 4) is 0 Å². The molecule has 0 saturated heterocycles. The Morgan fingerprint density at radius 1 is 1.36 bits per heavy atom. The molecule has 2 unspecified atom stereocenters. The Bertz CT molecular complexity index is 308. The smallest absolute Gasteiger partial charge is 0.376 e. The van der Waals surface area contributed by atoms with Gasteiger partial charge in [-0.2, -0.15) is 0 Å². The number of Topliss-reactive ketones (excluding diaryl/α,β-unsaturated/α-hetero) is 1. The van der Waals surface area contributed by atoms with Gasteiger partial charge in [0.2, 0.25) is 0 Å². The highest BCUT2D eigenvalue weighted by atomic mass is 16.4. The number of carboxylic acids is 1. The van der Waals surface area contributed by atoms with Crippen molar-refractivity contribution in [2.45, 2.75) is 31.7 Å². The van der Waals surface area contributed by atoms with Crippen LogP contribution >= 0.6 is 0 Å². The van der Waals surface area contributed by atoms with Crippen molar-refractivity contribution >= 4 is 11.8 Å². The van der Waals surface area contributed by atoms with Gasteiger partial charge in [-0.05, 0) is 12.8 Å². The Kier molecular flexibility index (Phi) is 2.27. The van der Waals surface area contributed by atoms with E-state index in [1.54, 1.807) is 6.20 Å². The Hall–Kier alpha value is -1.32. The third kappa shape index (κ3) is 1.41. The molecule has 2 rings (SSSR count). The molecule has 1 fully saturated rings. The van der Waals surface area contributed by atoms with E-state index in [-0.39, 0.29) is 5.92 Å². The van der Waals surface area contributed by atoms with E-state index in [9.17, 15) is 9.59 Å². The minimum absolute atomic E-state index is 0.132. The summed E-state index contributed by atoms with van der Waals surface area (Å²) < 4.78 is 0. The predicted molar refractivity (Wildman–Crippen MR) is 49.6 cm³/mol. The molecule has 0 aromatic rings. The molecule has 0 amide bonds. The van der Waals surface area contributed by atoms with Crippen LogP contribution in [-0.2, 0) is 9.59 Å². The van der Waals surface area contributed by atoms with Crippen LogP contribution in [0.15, 0.2) is 11.8 Å². The summed E-state index contributed by atoms with van der Waals surface area (Å²) in [4.78, 5) is 21.8. The van der Waals surface area contributed by atoms with Crippen LogP contribution in [0.1, 0.15) is 25.7 Å². The summed E-state index contributed by atoms with van der Waals surface area (Å²) in [5.41, 5.74) is 0.460. The van der Waals surface area contributed by atoms with Gasteiger partial charge in [0.05, 0.1) is 0 Å². The van der Waals surface area contributed by atoms with Crippen LogP contribution in [-0.4, -0.2) is 22.9 Å². The van der Waals surface area contributed by atoms with Gasteiger partial charge in [-0.1, -0.05) is 12.8 Å². The molecular weight excluding hydrogens is 182 g/mol. The Balaban J connectivity index is 2.14. The predicted octanol–water partition coefficient (Wildman–Crippen LogP) is 0.686. The minimum Gasteiger partial charge on any atom is -0.475 e. The average molecular weight is 195 g/mol. The highest BCUT2D eigenvalue weighted by molar-refractivity contribution is 6.39. The first kappa shape index (κ1) is 9.24. The van der Waals surface area contributed by atoms with Crippen LogP contribution in [0.2, 0.25) is 0 Å². The molecule has 2 atom stereocenters. The molecule has 14 heavy (non-hydrogen) atoms. The first-order valence-corrected chi connectivity index (χ1v) is 4.94. The summed E-state index contributed by atoms with van der Waals surface area (Å²) in [5.74, 6) is -1.96. The molecule has 0 spiro atoms. The maximum absolute atomic E-state index is 11.3. The van der Waals surface area contributed by atoms with Gasteiger partial charge in [-0.3, -0.25) is 4.79 Å². The summed E-state index contributed by atoms with van der Waals surface area (Å²) >= 11 is 0. The number of carbonyl (C=O) groups excluding carboxylic acids is 1. The Morgan fingerprint density at radius 2 is 2.07 bits per heavy atom. The average Bonchev–Trinajstić information content (AvgIpc) is 2.60. The Morgan fingerprint density at radius 3 is 2.79 bits per heavy atom. The standard InChI is InChI=1S/C10H13NO3/c12-9(10(13)14)7-5-11-8-4-2-1-3-6(7)8/h5-6,8,11H,1-4H2,(H,13,14). The summed E-state index contributed by atoms with van der Waals surface area (Å²) in [5, 5.41) is 11.7. The van der Waals surface area contributed by atoms with Gasteiger partial charge in [-0.25, -0.2) is 4.79 Å². The van der Waals surface area contributed by atoms with Crippen molar-refractivity contribution < 1.29 is 14.7 Å². The lowest BCUT2D eigenvalue weighted by Gasteiger charge is -2.26. The highest BCUT2D eigenvalue weighted by Gasteiger charge is 2.36. The van der Waals surface area contributed by atoms with E-state index in [1.807, 2.05) is 0 Å². The molecule has 1 heterocycles. The lowest BCUT2D eigenvalue weighted by atomic mass is 9.81. The third-order valence-electron chi connectivity index (χ3n) is 3.07. The molecule has 0 radical (unpaired) electrons. The van der Waals surface area contributed by atoms with Crippen LogP contribution in [0.25, 0.3) is 0 Å². The van der Waals surface area contributed by atoms with Gasteiger partial charge in [0.1, 0.15) is 0 Å². The normalized spacial score (nSPS) is 30.1. The van der Waals surface area contributed by atoms with Crippen molar-refractivity contribution in [1.29, 1.82) is 0 Å². The molecule has 1 aliphatic carbocycles. The second kappa shape index (κ2) is 3.44. The monoisotopic (exact) mass is 195 g/mol. The number of hydrogen-bond donors (Lipinski definition) is 2. The van der Waals surface area contributed by atoms with Crippen molar-refractivity contribution in [3.63, 3.8) is 0 Å². The number of carbonyl (C=O) groups is 2. The van der Waals surface area contributed by atoms with Crippen molar-refractivity contribution in [3.05, 3.63) is 11.8 Å². The van der Waals surface area contributed by atoms with Crippen LogP contribution in [0.5, 0.6) is 0 Å². The second-order valence-electron chi connectivity index (χ2n) is 3.90. The van der Waals surface area contributed by atoms with Crippen LogP contribution in [0.3, 0.4) is 0 Å². The highest BCUT2D eigenvalue weighted by Crippen LogP contribution is 2.33. The summed E-state index contributed by atoms with van der Waals surface area (Å²) in [6.07, 6.45) is 5.82. The number of fused-ring (bicyclic) bond motifs is 1.